The van der Waals surface area contributed by atoms with Crippen LogP contribution in [0.25, 0.3) is 0 Å². The number of ether oxygens (including phenoxy) is 1. The number of rotatable bonds is 2. The third-order valence-corrected chi connectivity index (χ3v) is 2.92. The van der Waals surface area contributed by atoms with Crippen LogP contribution in [0.2, 0.25) is 0 Å². The van der Waals surface area contributed by atoms with Crippen LogP contribution in [0.5, 0.6) is 5.75 Å². The zero-order valence-corrected chi connectivity index (χ0v) is 10.1. The Morgan fingerprint density at radius 2 is 2.25 bits per heavy atom. The van der Waals surface area contributed by atoms with Crippen LogP contribution in [0.4, 0.5) is 4.39 Å². The van der Waals surface area contributed by atoms with E-state index in [9.17, 15) is 4.39 Å². The van der Waals surface area contributed by atoms with Gasteiger partial charge in [0.15, 0.2) is 5.82 Å². The molecule has 1 nitrogen and oxygen atoms in total. The van der Waals surface area contributed by atoms with Gasteiger partial charge >= 0.3 is 0 Å². The highest BCUT2D eigenvalue weighted by molar-refractivity contribution is 14.1. The predicted octanol–water partition coefficient (Wildman–Crippen LogP) is 3.59. The Morgan fingerprint density at radius 3 is 2.83 bits per heavy atom. The highest BCUT2D eigenvalue weighted by atomic mass is 127. The van der Waals surface area contributed by atoms with Crippen molar-refractivity contribution in [3.63, 3.8) is 0 Å². The van der Waals surface area contributed by atoms with Gasteiger partial charge in [-0.1, -0.05) is 0 Å². The van der Waals surface area contributed by atoms with E-state index in [2.05, 4.69) is 15.9 Å². The molecule has 0 amide bonds. The molecule has 0 unspecified atom stereocenters. The van der Waals surface area contributed by atoms with Gasteiger partial charge in [0.25, 0.3) is 0 Å². The van der Waals surface area contributed by atoms with Gasteiger partial charge in [-0.25, -0.2) is 4.39 Å². The fourth-order valence-electron chi connectivity index (χ4n) is 0.775. The molecule has 0 N–H and O–H groups in total. The Hall–Kier alpha value is 0.160. The van der Waals surface area contributed by atoms with E-state index in [-0.39, 0.29) is 5.82 Å². The van der Waals surface area contributed by atoms with Crippen molar-refractivity contribution in [2.24, 2.45) is 0 Å². The Labute approximate surface area is 92.6 Å². The average Bonchev–Trinajstić information content (AvgIpc) is 2.07. The maximum absolute atomic E-state index is 13.2. The van der Waals surface area contributed by atoms with Crippen LogP contribution in [0.1, 0.15) is 6.92 Å². The molecule has 0 radical (unpaired) electrons. The van der Waals surface area contributed by atoms with E-state index in [4.69, 9.17) is 4.74 Å². The molecule has 12 heavy (non-hydrogen) atoms. The summed E-state index contributed by atoms with van der Waals surface area (Å²) in [5.41, 5.74) is 0. The minimum Gasteiger partial charge on any atom is -0.493 e. The molecule has 0 bridgehead atoms. The zero-order valence-electron chi connectivity index (χ0n) is 6.40. The average molecular weight is 345 g/mol. The summed E-state index contributed by atoms with van der Waals surface area (Å²) in [6.45, 7) is 2.42. The van der Waals surface area contributed by atoms with E-state index >= 15 is 0 Å². The third kappa shape index (κ3) is 2.10. The summed E-state index contributed by atoms with van der Waals surface area (Å²) < 4.78 is 19.4. The summed E-state index contributed by atoms with van der Waals surface area (Å²) in [5, 5.41) is 0. The zero-order chi connectivity index (χ0) is 9.14. The smallest absolute Gasteiger partial charge is 0.154 e. The van der Waals surface area contributed by atoms with Crippen molar-refractivity contribution in [3.8, 4) is 5.75 Å². The van der Waals surface area contributed by atoms with Crippen LogP contribution in [-0.4, -0.2) is 6.61 Å². The van der Waals surface area contributed by atoms with Crippen LogP contribution in [0.3, 0.4) is 0 Å². The predicted molar refractivity (Wildman–Crippen MR) is 58.0 cm³/mol. The Balaban J connectivity index is 3.08. The first-order chi connectivity index (χ1) is 5.66. The Bertz CT molecular complexity index is 291. The molecule has 0 aliphatic heterocycles. The van der Waals surface area contributed by atoms with Gasteiger partial charge in [0.2, 0.25) is 0 Å². The molecule has 0 spiro atoms. The van der Waals surface area contributed by atoms with Gasteiger partial charge in [-0.3, -0.25) is 0 Å². The normalized spacial score (nSPS) is 10.0. The molecule has 0 heterocycles. The fraction of sp³-hybridized carbons (Fsp3) is 0.250. The molecular formula is C8H7BrFIO. The van der Waals surface area contributed by atoms with Gasteiger partial charge in [0, 0.05) is 0 Å². The first kappa shape index (κ1) is 10.2. The third-order valence-electron chi connectivity index (χ3n) is 1.30. The van der Waals surface area contributed by atoms with Crippen LogP contribution in [-0.2, 0) is 0 Å². The highest BCUT2D eigenvalue weighted by Gasteiger charge is 2.09. The molecule has 4 heteroatoms. The lowest BCUT2D eigenvalue weighted by Crippen LogP contribution is -1.96. The summed E-state index contributed by atoms with van der Waals surface area (Å²) in [7, 11) is 0. The number of halogens is 3. The van der Waals surface area contributed by atoms with Crippen molar-refractivity contribution in [2.75, 3.05) is 6.61 Å². The first-order valence-electron chi connectivity index (χ1n) is 3.43. The van der Waals surface area contributed by atoms with E-state index in [0.29, 0.717) is 20.4 Å². The van der Waals surface area contributed by atoms with E-state index in [0.717, 1.165) is 0 Å². The molecule has 0 aliphatic rings. The summed E-state index contributed by atoms with van der Waals surface area (Å²) in [5.74, 6) is 0.334. The molecule has 66 valence electrons. The van der Waals surface area contributed by atoms with Crippen LogP contribution in [0.15, 0.2) is 16.6 Å². The highest BCUT2D eigenvalue weighted by Crippen LogP contribution is 2.28. The molecule has 0 fully saturated rings. The summed E-state index contributed by atoms with van der Waals surface area (Å²) in [6.07, 6.45) is 0. The van der Waals surface area contributed by atoms with Crippen molar-refractivity contribution in [3.05, 3.63) is 26.0 Å². The fourth-order valence-corrected chi connectivity index (χ4v) is 2.10. The molecule has 0 aromatic heterocycles. The monoisotopic (exact) mass is 344 g/mol. The number of hydrogen-bond acceptors (Lipinski definition) is 1. The van der Waals surface area contributed by atoms with Crippen molar-refractivity contribution < 1.29 is 9.13 Å². The summed E-state index contributed by atoms with van der Waals surface area (Å²) >= 11 is 5.02. The van der Waals surface area contributed by atoms with E-state index < -0.39 is 0 Å². The quantitative estimate of drug-likeness (QED) is 0.588. The second-order valence-corrected chi connectivity index (χ2v) is 4.04. The largest absolute Gasteiger partial charge is 0.493 e. The minimum atomic E-state index is -0.262. The Morgan fingerprint density at radius 1 is 1.58 bits per heavy atom. The number of hydrogen-bond donors (Lipinski definition) is 0. The second-order valence-electron chi connectivity index (χ2n) is 2.11. The first-order valence-corrected chi connectivity index (χ1v) is 5.30. The van der Waals surface area contributed by atoms with Crippen molar-refractivity contribution in [2.45, 2.75) is 6.92 Å². The molecule has 0 aliphatic carbocycles. The SMILES string of the molecule is CCOc1ccc(Br)c(F)c1I. The van der Waals surface area contributed by atoms with Crippen molar-refractivity contribution in [1.82, 2.24) is 0 Å². The number of benzene rings is 1. The molecule has 0 saturated heterocycles. The molecule has 0 saturated carbocycles. The van der Waals surface area contributed by atoms with Crippen molar-refractivity contribution in [1.29, 1.82) is 0 Å². The lowest BCUT2D eigenvalue weighted by molar-refractivity contribution is 0.335. The van der Waals surface area contributed by atoms with Crippen LogP contribution < -0.4 is 4.74 Å². The maximum atomic E-state index is 13.2. The molecule has 0 atom stereocenters. The molecular weight excluding hydrogens is 338 g/mol. The van der Waals surface area contributed by atoms with Gasteiger partial charge < -0.3 is 4.74 Å². The van der Waals surface area contributed by atoms with Crippen LogP contribution in [0, 0.1) is 9.39 Å². The van der Waals surface area contributed by atoms with Crippen molar-refractivity contribution >= 4 is 38.5 Å². The van der Waals surface area contributed by atoms with E-state index in [1.165, 1.54) is 0 Å². The van der Waals surface area contributed by atoms with Gasteiger partial charge in [-0.15, -0.1) is 0 Å². The summed E-state index contributed by atoms with van der Waals surface area (Å²) in [4.78, 5) is 0. The minimum absolute atomic E-state index is 0.262. The standard InChI is InChI=1S/C8H7BrFIO/c1-2-12-6-4-3-5(9)7(10)8(6)11/h3-4H,2H2,1H3. The van der Waals surface area contributed by atoms with Gasteiger partial charge in [0.1, 0.15) is 5.75 Å². The van der Waals surface area contributed by atoms with Gasteiger partial charge in [-0.2, -0.15) is 0 Å². The second kappa shape index (κ2) is 4.41. The van der Waals surface area contributed by atoms with E-state index in [1.54, 1.807) is 12.1 Å². The molecule has 1 aromatic carbocycles. The van der Waals surface area contributed by atoms with E-state index in [1.807, 2.05) is 29.5 Å². The van der Waals surface area contributed by atoms with Gasteiger partial charge in [-0.05, 0) is 57.6 Å². The lowest BCUT2D eigenvalue weighted by Gasteiger charge is -2.06. The Kier molecular flexibility index (Phi) is 3.77. The molecule has 1 aromatic rings. The lowest BCUT2D eigenvalue weighted by atomic mass is 10.3. The van der Waals surface area contributed by atoms with Crippen LogP contribution >= 0.6 is 38.5 Å². The maximum Gasteiger partial charge on any atom is 0.154 e. The van der Waals surface area contributed by atoms with Gasteiger partial charge in [0.05, 0.1) is 14.6 Å². The topological polar surface area (TPSA) is 9.23 Å². The summed E-state index contributed by atoms with van der Waals surface area (Å²) in [6, 6.07) is 3.39. The molecule has 1 rings (SSSR count).